The van der Waals surface area contributed by atoms with Crippen LogP contribution in [-0.2, 0) is 14.3 Å². The van der Waals surface area contributed by atoms with Crippen molar-refractivity contribution in [3.63, 3.8) is 0 Å². The van der Waals surface area contributed by atoms with E-state index in [9.17, 15) is 14.4 Å². The van der Waals surface area contributed by atoms with Crippen LogP contribution in [0.2, 0.25) is 0 Å². The molecule has 3 rings (SSSR count). The van der Waals surface area contributed by atoms with Crippen LogP contribution in [0.1, 0.15) is 51.2 Å². The molecule has 0 saturated heterocycles. The van der Waals surface area contributed by atoms with Crippen LogP contribution in [-0.4, -0.2) is 52.7 Å². The highest BCUT2D eigenvalue weighted by molar-refractivity contribution is 5.83. The molecule has 0 radical (unpaired) electrons. The van der Waals surface area contributed by atoms with Crippen LogP contribution in [0.4, 0.5) is 4.79 Å². The van der Waals surface area contributed by atoms with Crippen LogP contribution in [0.5, 0.6) is 0 Å². The highest BCUT2D eigenvalue weighted by Gasteiger charge is 2.32. The number of amides is 2. The summed E-state index contributed by atoms with van der Waals surface area (Å²) in [5, 5.41) is 11.8. The second kappa shape index (κ2) is 9.42. The lowest BCUT2D eigenvalue weighted by atomic mass is 9.98. The Bertz CT molecular complexity index is 969. The Morgan fingerprint density at radius 2 is 1.56 bits per heavy atom. The molecule has 0 bridgehead atoms. The number of carbonyl (C=O) groups excluding carboxylic acids is 2. The van der Waals surface area contributed by atoms with E-state index in [1.807, 2.05) is 36.4 Å². The van der Waals surface area contributed by atoms with Crippen molar-refractivity contribution in [2.24, 2.45) is 0 Å². The average molecular weight is 439 g/mol. The van der Waals surface area contributed by atoms with Crippen molar-refractivity contribution in [2.75, 3.05) is 13.2 Å². The zero-order valence-corrected chi connectivity index (χ0v) is 18.9. The number of carbonyl (C=O) groups is 3. The summed E-state index contributed by atoms with van der Waals surface area (Å²) in [4.78, 5) is 37.5. The lowest BCUT2D eigenvalue weighted by Gasteiger charge is -2.31. The summed E-state index contributed by atoms with van der Waals surface area (Å²) >= 11 is 0. The molecule has 0 atom stereocenters. The van der Waals surface area contributed by atoms with E-state index in [0.717, 1.165) is 22.3 Å². The van der Waals surface area contributed by atoms with Gasteiger partial charge in [-0.25, -0.2) is 4.79 Å². The average Bonchev–Trinajstić information content (AvgIpc) is 3.03. The summed E-state index contributed by atoms with van der Waals surface area (Å²) in [6.45, 7) is 6.75. The highest BCUT2D eigenvalue weighted by atomic mass is 16.5. The molecule has 170 valence electrons. The third-order valence-electron chi connectivity index (χ3n) is 5.63. The van der Waals surface area contributed by atoms with Gasteiger partial charge in [-0.15, -0.1) is 0 Å². The summed E-state index contributed by atoms with van der Waals surface area (Å²) in [6, 6.07) is 15.9. The highest BCUT2D eigenvalue weighted by Crippen LogP contribution is 2.44. The second-order valence-corrected chi connectivity index (χ2v) is 9.02. The number of ether oxygens (including phenoxy) is 1. The fourth-order valence-electron chi connectivity index (χ4n) is 4.14. The molecule has 0 aromatic heterocycles. The lowest BCUT2D eigenvalue weighted by Crippen LogP contribution is -2.50. The monoisotopic (exact) mass is 438 g/mol. The summed E-state index contributed by atoms with van der Waals surface area (Å²) in [5.41, 5.74) is 3.64. The molecule has 0 fully saturated rings. The maximum Gasteiger partial charge on any atom is 0.407 e. The second-order valence-electron chi connectivity index (χ2n) is 9.02. The molecule has 7 heteroatoms. The first-order valence-electron chi connectivity index (χ1n) is 10.7. The Hall–Kier alpha value is -3.35. The van der Waals surface area contributed by atoms with E-state index in [2.05, 4.69) is 17.4 Å². The van der Waals surface area contributed by atoms with Crippen LogP contribution in [0, 0.1) is 0 Å². The zero-order valence-electron chi connectivity index (χ0n) is 18.9. The Kier molecular flexibility index (Phi) is 6.87. The minimum Gasteiger partial charge on any atom is -0.480 e. The topological polar surface area (TPSA) is 95.9 Å². The Morgan fingerprint density at radius 1 is 1.03 bits per heavy atom. The van der Waals surface area contributed by atoms with E-state index in [-0.39, 0.29) is 37.4 Å². The fourth-order valence-corrected chi connectivity index (χ4v) is 4.14. The van der Waals surface area contributed by atoms with Gasteiger partial charge in [0.15, 0.2) is 0 Å². The third kappa shape index (κ3) is 5.28. The van der Waals surface area contributed by atoms with Crippen LogP contribution in [0.25, 0.3) is 11.1 Å². The van der Waals surface area contributed by atoms with Crippen molar-refractivity contribution in [3.05, 3.63) is 59.7 Å². The van der Waals surface area contributed by atoms with Gasteiger partial charge in [-0.2, -0.15) is 0 Å². The number of nitrogens with zero attached hydrogens (tertiary/aromatic N) is 1. The molecule has 0 spiro atoms. The molecular formula is C25H30N2O5. The maximum absolute atomic E-state index is 12.6. The molecule has 0 aliphatic heterocycles. The minimum atomic E-state index is -1.07. The predicted octanol–water partition coefficient (Wildman–Crippen LogP) is 4.02. The van der Waals surface area contributed by atoms with Crippen molar-refractivity contribution < 1.29 is 24.2 Å². The Labute approximate surface area is 188 Å². The molecule has 1 aliphatic rings. The van der Waals surface area contributed by atoms with Gasteiger partial charge in [-0.1, -0.05) is 48.5 Å². The van der Waals surface area contributed by atoms with Crippen LogP contribution in [0.15, 0.2) is 48.5 Å². The third-order valence-corrected chi connectivity index (χ3v) is 5.63. The maximum atomic E-state index is 12.6. The summed E-state index contributed by atoms with van der Waals surface area (Å²) in [5.74, 6) is -1.47. The van der Waals surface area contributed by atoms with E-state index in [4.69, 9.17) is 9.84 Å². The summed E-state index contributed by atoms with van der Waals surface area (Å²) < 4.78 is 5.56. The first-order valence-corrected chi connectivity index (χ1v) is 10.7. The van der Waals surface area contributed by atoms with Gasteiger partial charge in [-0.3, -0.25) is 9.59 Å². The number of aliphatic carboxylic acids is 1. The molecule has 7 nitrogen and oxygen atoms in total. The Morgan fingerprint density at radius 3 is 2.06 bits per heavy atom. The first-order chi connectivity index (χ1) is 15.1. The normalized spacial score (nSPS) is 12.8. The molecule has 2 N–H and O–H groups in total. The van der Waals surface area contributed by atoms with Crippen molar-refractivity contribution in [2.45, 2.75) is 51.6 Å². The van der Waals surface area contributed by atoms with Crippen molar-refractivity contribution in [1.82, 2.24) is 10.2 Å². The molecule has 2 amide bonds. The number of rotatable bonds is 8. The standard InChI is InChI=1S/C25H30N2O5/c1-16(2)27(14-23(29)30)22(28)13-25(3,4)26-24(31)32-15-21-19-11-7-5-9-17(19)18-10-6-8-12-20(18)21/h5-12,16,21H,13-15H2,1-4H3,(H,26,31)(H,29,30). The van der Waals surface area contributed by atoms with Gasteiger partial charge < -0.3 is 20.1 Å². The number of hydrogen-bond acceptors (Lipinski definition) is 4. The molecular weight excluding hydrogens is 408 g/mol. The van der Waals surface area contributed by atoms with E-state index < -0.39 is 17.6 Å². The first kappa shape index (κ1) is 23.3. The van der Waals surface area contributed by atoms with Crippen molar-refractivity contribution >= 4 is 18.0 Å². The van der Waals surface area contributed by atoms with Gasteiger partial charge in [0.05, 0.1) is 0 Å². The van der Waals surface area contributed by atoms with Gasteiger partial charge in [0.2, 0.25) is 5.91 Å². The fraction of sp³-hybridized carbons (Fsp3) is 0.400. The van der Waals surface area contributed by atoms with Crippen LogP contribution in [0.3, 0.4) is 0 Å². The van der Waals surface area contributed by atoms with Gasteiger partial charge in [0, 0.05) is 23.9 Å². The molecule has 0 unspecified atom stereocenters. The quantitative estimate of drug-likeness (QED) is 0.649. The zero-order chi connectivity index (χ0) is 23.5. The molecule has 2 aromatic carbocycles. The van der Waals surface area contributed by atoms with Gasteiger partial charge in [-0.05, 0) is 49.9 Å². The smallest absolute Gasteiger partial charge is 0.407 e. The number of hydrogen-bond donors (Lipinski definition) is 2. The predicted molar refractivity (Wildman–Crippen MR) is 121 cm³/mol. The number of carboxylic acid groups (broad SMARTS) is 1. The summed E-state index contributed by atoms with van der Waals surface area (Å²) in [6.07, 6.45) is -0.651. The van der Waals surface area contributed by atoms with E-state index in [1.165, 1.54) is 4.90 Å². The van der Waals surface area contributed by atoms with Crippen molar-refractivity contribution in [3.8, 4) is 11.1 Å². The molecule has 2 aromatic rings. The van der Waals surface area contributed by atoms with Gasteiger partial charge in [0.25, 0.3) is 0 Å². The van der Waals surface area contributed by atoms with Crippen LogP contribution >= 0.6 is 0 Å². The van der Waals surface area contributed by atoms with Gasteiger partial charge in [0.1, 0.15) is 13.2 Å². The number of fused-ring (bicyclic) bond motifs is 3. The molecule has 0 saturated carbocycles. The number of carboxylic acids is 1. The lowest BCUT2D eigenvalue weighted by molar-refractivity contribution is -0.146. The van der Waals surface area contributed by atoms with E-state index in [1.54, 1.807) is 27.7 Å². The van der Waals surface area contributed by atoms with Gasteiger partial charge >= 0.3 is 12.1 Å². The molecule has 32 heavy (non-hydrogen) atoms. The summed E-state index contributed by atoms with van der Waals surface area (Å²) in [7, 11) is 0. The molecule has 1 aliphatic carbocycles. The SMILES string of the molecule is CC(C)N(CC(=O)O)C(=O)CC(C)(C)NC(=O)OCC1c2ccccc2-c2ccccc21. The van der Waals surface area contributed by atoms with E-state index in [0.29, 0.717) is 0 Å². The number of benzene rings is 2. The number of alkyl carbamates (subject to hydrolysis) is 1. The van der Waals surface area contributed by atoms with Crippen LogP contribution < -0.4 is 5.32 Å². The largest absolute Gasteiger partial charge is 0.480 e. The Balaban J connectivity index is 1.62. The minimum absolute atomic E-state index is 0.0390. The number of nitrogens with one attached hydrogen (secondary N) is 1. The van der Waals surface area contributed by atoms with E-state index >= 15 is 0 Å². The molecule has 0 heterocycles. The van der Waals surface area contributed by atoms with Crippen molar-refractivity contribution in [1.29, 1.82) is 0 Å².